The monoisotopic (exact) mass is 332 g/mol. The maximum Gasteiger partial charge on any atom is 0.240 e. The smallest absolute Gasteiger partial charge is 0.240 e. The van der Waals surface area contributed by atoms with Gasteiger partial charge in [-0.05, 0) is 18.2 Å². The zero-order valence-corrected chi connectivity index (χ0v) is 14.2. The number of rotatable bonds is 5. The van der Waals surface area contributed by atoms with Crippen molar-refractivity contribution in [3.8, 4) is 0 Å². The molecule has 8 heteroatoms. The fourth-order valence-corrected chi connectivity index (χ4v) is 3.06. The number of nitrogens with one attached hydrogen (secondary N) is 1. The predicted octanol–water partition coefficient (Wildman–Crippen LogP) is 1.10. The molecule has 1 aromatic rings. The first kappa shape index (κ1) is 17.7. The molecule has 0 aromatic heterocycles. The summed E-state index contributed by atoms with van der Waals surface area (Å²) in [6.45, 7) is 0.575. The highest BCUT2D eigenvalue weighted by atomic mass is 35.5. The Bertz CT molecular complexity index is 590. The van der Waals surface area contributed by atoms with Crippen LogP contribution in [0.3, 0.4) is 0 Å². The third-order valence-corrected chi connectivity index (χ3v) is 4.26. The first-order valence-corrected chi connectivity index (χ1v) is 8.24. The number of aliphatic imine (C=N–C) groups is 1. The Morgan fingerprint density at radius 1 is 1.24 bits per heavy atom. The molecular weight excluding hydrogens is 312 g/mol. The molecule has 0 aliphatic rings. The van der Waals surface area contributed by atoms with Gasteiger partial charge in [0, 0.05) is 39.8 Å². The Morgan fingerprint density at radius 3 is 2.38 bits per heavy atom. The van der Waals surface area contributed by atoms with Crippen molar-refractivity contribution < 1.29 is 8.42 Å². The van der Waals surface area contributed by atoms with E-state index in [9.17, 15) is 8.42 Å². The van der Waals surface area contributed by atoms with Crippen molar-refractivity contribution in [3.63, 3.8) is 0 Å². The first-order valence-electron chi connectivity index (χ1n) is 6.38. The Kier molecular flexibility index (Phi) is 6.44. The highest BCUT2D eigenvalue weighted by Crippen LogP contribution is 2.14. The van der Waals surface area contributed by atoms with Crippen LogP contribution in [0.25, 0.3) is 0 Å². The van der Waals surface area contributed by atoms with Gasteiger partial charge in [-0.3, -0.25) is 4.99 Å². The Hall–Kier alpha value is -1.31. The molecule has 21 heavy (non-hydrogen) atoms. The summed E-state index contributed by atoms with van der Waals surface area (Å²) in [5.41, 5.74) is 0. The topological polar surface area (TPSA) is 65.0 Å². The summed E-state index contributed by atoms with van der Waals surface area (Å²) < 4.78 is 26.6. The van der Waals surface area contributed by atoms with E-state index in [1.807, 2.05) is 38.0 Å². The van der Waals surface area contributed by atoms with Gasteiger partial charge < -0.3 is 9.80 Å². The second-order valence-electron chi connectivity index (χ2n) is 4.83. The van der Waals surface area contributed by atoms with Crippen LogP contribution in [0.4, 0.5) is 0 Å². The summed E-state index contributed by atoms with van der Waals surface area (Å²) in [5, 5.41) is 0.387. The highest BCUT2D eigenvalue weighted by molar-refractivity contribution is 7.89. The molecular formula is C13H21ClN4O2S. The van der Waals surface area contributed by atoms with Crippen molar-refractivity contribution in [1.29, 1.82) is 0 Å². The molecule has 0 fully saturated rings. The fourth-order valence-electron chi connectivity index (χ4n) is 1.74. The lowest BCUT2D eigenvalue weighted by atomic mass is 10.4. The second kappa shape index (κ2) is 7.63. The predicted molar refractivity (Wildman–Crippen MR) is 86.3 cm³/mol. The van der Waals surface area contributed by atoms with Crippen molar-refractivity contribution in [1.82, 2.24) is 14.5 Å². The molecule has 118 valence electrons. The summed E-state index contributed by atoms with van der Waals surface area (Å²) in [6, 6.07) is 6.15. The van der Waals surface area contributed by atoms with Crippen LogP contribution in [-0.4, -0.2) is 65.5 Å². The highest BCUT2D eigenvalue weighted by Gasteiger charge is 2.13. The second-order valence-corrected chi connectivity index (χ2v) is 7.03. The Labute approximate surface area is 131 Å². The lowest BCUT2D eigenvalue weighted by molar-refractivity contribution is 0.479. The van der Waals surface area contributed by atoms with Gasteiger partial charge in [0.1, 0.15) is 0 Å². The Balaban J connectivity index is 2.65. The molecule has 0 amide bonds. The van der Waals surface area contributed by atoms with E-state index in [1.54, 1.807) is 12.1 Å². The fraction of sp³-hybridized carbons (Fsp3) is 0.462. The van der Waals surface area contributed by atoms with Crippen molar-refractivity contribution in [2.24, 2.45) is 4.99 Å². The van der Waals surface area contributed by atoms with Gasteiger partial charge in [0.15, 0.2) is 5.96 Å². The van der Waals surface area contributed by atoms with Crippen LogP contribution >= 0.6 is 11.6 Å². The minimum absolute atomic E-state index is 0.152. The third-order valence-electron chi connectivity index (χ3n) is 2.56. The van der Waals surface area contributed by atoms with Gasteiger partial charge in [-0.2, -0.15) is 0 Å². The molecule has 0 saturated heterocycles. The van der Waals surface area contributed by atoms with Gasteiger partial charge in [0.2, 0.25) is 10.0 Å². The number of sulfonamides is 1. The van der Waals surface area contributed by atoms with Gasteiger partial charge >= 0.3 is 0 Å². The number of hydrogen-bond donors (Lipinski definition) is 1. The average molecular weight is 333 g/mol. The van der Waals surface area contributed by atoms with Gasteiger partial charge in [-0.15, -0.1) is 0 Å². The van der Waals surface area contributed by atoms with Gasteiger partial charge in [0.25, 0.3) is 0 Å². The van der Waals surface area contributed by atoms with Crippen LogP contribution < -0.4 is 4.72 Å². The van der Waals surface area contributed by atoms with Crippen molar-refractivity contribution in [3.05, 3.63) is 29.3 Å². The minimum Gasteiger partial charge on any atom is -0.349 e. The maximum atomic E-state index is 12.1. The molecule has 0 atom stereocenters. The zero-order valence-electron chi connectivity index (χ0n) is 12.7. The van der Waals surface area contributed by atoms with Crippen molar-refractivity contribution in [2.75, 3.05) is 41.3 Å². The summed E-state index contributed by atoms with van der Waals surface area (Å²) >= 11 is 5.80. The van der Waals surface area contributed by atoms with E-state index in [-0.39, 0.29) is 11.4 Å². The molecule has 0 spiro atoms. The molecule has 0 aliphatic carbocycles. The van der Waals surface area contributed by atoms with E-state index in [0.717, 1.165) is 5.96 Å². The third kappa shape index (κ3) is 5.53. The minimum atomic E-state index is -3.55. The summed E-state index contributed by atoms with van der Waals surface area (Å²) in [6.07, 6.45) is 0. The lowest BCUT2D eigenvalue weighted by Crippen LogP contribution is -2.36. The van der Waals surface area contributed by atoms with Gasteiger partial charge in [-0.25, -0.2) is 13.1 Å². The molecule has 0 saturated carbocycles. The first-order chi connectivity index (χ1) is 9.74. The normalized spacial score (nSPS) is 11.1. The van der Waals surface area contributed by atoms with Crippen LogP contribution in [0.15, 0.2) is 34.2 Å². The molecule has 0 radical (unpaired) electrons. The SMILES string of the molecule is CN(C)C(=NCCNS(=O)(=O)c1cccc(Cl)c1)N(C)C. The summed E-state index contributed by atoms with van der Waals surface area (Å²) in [5.74, 6) is 0.775. The molecule has 1 rings (SSSR count). The van der Waals surface area contributed by atoms with Crippen LogP contribution in [0.5, 0.6) is 0 Å². The number of hydrogen-bond acceptors (Lipinski definition) is 3. The molecule has 6 nitrogen and oxygen atoms in total. The van der Waals surface area contributed by atoms with E-state index in [0.29, 0.717) is 11.6 Å². The average Bonchev–Trinajstić information content (AvgIpc) is 2.37. The zero-order chi connectivity index (χ0) is 16.0. The number of nitrogens with zero attached hydrogens (tertiary/aromatic N) is 3. The van der Waals surface area contributed by atoms with Crippen LogP contribution in [0.2, 0.25) is 5.02 Å². The molecule has 0 unspecified atom stereocenters. The quantitative estimate of drug-likeness (QED) is 0.498. The van der Waals surface area contributed by atoms with E-state index >= 15 is 0 Å². The van der Waals surface area contributed by atoms with Crippen LogP contribution in [0, 0.1) is 0 Å². The molecule has 1 aromatic carbocycles. The number of benzene rings is 1. The van der Waals surface area contributed by atoms with E-state index in [1.165, 1.54) is 12.1 Å². The van der Waals surface area contributed by atoms with Gasteiger partial charge in [-0.1, -0.05) is 17.7 Å². The molecule has 0 heterocycles. The van der Waals surface area contributed by atoms with E-state index in [4.69, 9.17) is 11.6 Å². The summed E-state index contributed by atoms with van der Waals surface area (Å²) in [4.78, 5) is 8.24. The number of halogens is 1. The van der Waals surface area contributed by atoms with Gasteiger partial charge in [0.05, 0.1) is 11.4 Å². The van der Waals surface area contributed by atoms with Crippen LogP contribution in [0.1, 0.15) is 0 Å². The molecule has 1 N–H and O–H groups in total. The van der Waals surface area contributed by atoms with Crippen molar-refractivity contribution >= 4 is 27.6 Å². The van der Waals surface area contributed by atoms with E-state index in [2.05, 4.69) is 9.71 Å². The number of guanidine groups is 1. The lowest BCUT2D eigenvalue weighted by Gasteiger charge is -2.22. The standard InChI is InChI=1S/C13H21ClN4O2S/c1-17(2)13(18(3)4)15-8-9-16-21(19,20)12-7-5-6-11(14)10-12/h5-7,10,16H,8-9H2,1-4H3. The van der Waals surface area contributed by atoms with Crippen molar-refractivity contribution in [2.45, 2.75) is 4.90 Å². The largest absolute Gasteiger partial charge is 0.349 e. The summed E-state index contributed by atoms with van der Waals surface area (Å²) in [7, 11) is 3.98. The van der Waals surface area contributed by atoms with Crippen LogP contribution in [-0.2, 0) is 10.0 Å². The molecule has 0 aliphatic heterocycles. The maximum absolute atomic E-state index is 12.1. The molecule has 0 bridgehead atoms. The van der Waals surface area contributed by atoms with E-state index < -0.39 is 10.0 Å². The Morgan fingerprint density at radius 2 is 1.86 bits per heavy atom.